The normalized spacial score (nSPS) is 22.7. The maximum atomic E-state index is 5.50. The minimum Gasteiger partial charge on any atom is -0.369 e. The Morgan fingerprint density at radius 3 is 2.67 bits per heavy atom. The van der Waals surface area contributed by atoms with Crippen molar-refractivity contribution in [2.45, 2.75) is 64.1 Å². The number of ether oxygens (including phenoxy) is 1. The van der Waals surface area contributed by atoms with Gasteiger partial charge in [0.15, 0.2) is 0 Å². The maximum Gasteiger partial charge on any atom is 0.0951 e. The zero-order valence-electron chi connectivity index (χ0n) is 9.59. The van der Waals surface area contributed by atoms with Crippen molar-refractivity contribution in [1.29, 1.82) is 0 Å². The summed E-state index contributed by atoms with van der Waals surface area (Å²) >= 11 is 0. The third-order valence-corrected chi connectivity index (χ3v) is 2.74. The molecule has 2 atom stereocenters. The highest BCUT2D eigenvalue weighted by molar-refractivity contribution is 5.22. The van der Waals surface area contributed by atoms with Gasteiger partial charge in [-0.25, -0.2) is 0 Å². The molecule has 1 aliphatic heterocycles. The summed E-state index contributed by atoms with van der Waals surface area (Å²) in [6.07, 6.45) is 14.6. The first-order valence-corrected chi connectivity index (χ1v) is 5.97. The van der Waals surface area contributed by atoms with Gasteiger partial charge in [0.2, 0.25) is 0 Å². The first kappa shape index (κ1) is 12.2. The second-order valence-corrected chi connectivity index (χ2v) is 4.07. The predicted molar refractivity (Wildman–Crippen MR) is 63.3 cm³/mol. The molecule has 0 spiro atoms. The van der Waals surface area contributed by atoms with E-state index in [1.807, 2.05) is 0 Å². The van der Waals surface area contributed by atoms with Crippen molar-refractivity contribution in [3.63, 3.8) is 0 Å². The third kappa shape index (κ3) is 5.50. The molecule has 0 aromatic carbocycles. The Bertz CT molecular complexity index is 263. The van der Waals surface area contributed by atoms with Gasteiger partial charge < -0.3 is 4.74 Å². The Balaban J connectivity index is 1.91. The van der Waals surface area contributed by atoms with Gasteiger partial charge in [-0.15, -0.1) is 6.42 Å². The van der Waals surface area contributed by atoms with E-state index in [1.54, 1.807) is 0 Å². The largest absolute Gasteiger partial charge is 0.369 e. The SMILES string of the molecule is C#CC#CC[C@H]1O[C@H]1CCCCCCC. The van der Waals surface area contributed by atoms with E-state index < -0.39 is 0 Å². The Hall–Kier alpha value is -0.920. The topological polar surface area (TPSA) is 12.5 Å². The van der Waals surface area contributed by atoms with Crippen LogP contribution in [0.3, 0.4) is 0 Å². The van der Waals surface area contributed by atoms with Crippen molar-refractivity contribution in [2.75, 3.05) is 0 Å². The van der Waals surface area contributed by atoms with E-state index in [4.69, 9.17) is 11.2 Å². The molecule has 1 saturated heterocycles. The molecule has 0 aromatic heterocycles. The van der Waals surface area contributed by atoms with Crippen molar-refractivity contribution in [1.82, 2.24) is 0 Å². The lowest BCUT2D eigenvalue weighted by atomic mass is 10.1. The molecule has 1 nitrogen and oxygen atoms in total. The van der Waals surface area contributed by atoms with Crippen LogP contribution in [0.15, 0.2) is 0 Å². The quantitative estimate of drug-likeness (QED) is 0.352. The molecular formula is C14H20O. The molecule has 0 amide bonds. The summed E-state index contributed by atoms with van der Waals surface area (Å²) in [4.78, 5) is 0. The van der Waals surface area contributed by atoms with Crippen molar-refractivity contribution >= 4 is 0 Å². The molecular weight excluding hydrogens is 184 g/mol. The number of unbranched alkanes of at least 4 members (excludes halogenated alkanes) is 4. The summed E-state index contributed by atoms with van der Waals surface area (Å²) in [5.41, 5.74) is 0. The fraction of sp³-hybridized carbons (Fsp3) is 0.714. The lowest BCUT2D eigenvalue weighted by Crippen LogP contribution is -1.92. The summed E-state index contributed by atoms with van der Waals surface area (Å²) in [6, 6.07) is 0. The highest BCUT2D eigenvalue weighted by Gasteiger charge is 2.36. The highest BCUT2D eigenvalue weighted by Crippen LogP contribution is 2.29. The van der Waals surface area contributed by atoms with Crippen molar-refractivity contribution < 1.29 is 4.74 Å². The van der Waals surface area contributed by atoms with Crippen molar-refractivity contribution in [2.24, 2.45) is 0 Å². The monoisotopic (exact) mass is 204 g/mol. The molecule has 82 valence electrons. The van der Waals surface area contributed by atoms with Crippen LogP contribution in [0.2, 0.25) is 0 Å². The van der Waals surface area contributed by atoms with Crippen LogP contribution in [0.1, 0.15) is 51.9 Å². The smallest absolute Gasteiger partial charge is 0.0951 e. The van der Waals surface area contributed by atoms with Crippen LogP contribution in [-0.2, 0) is 4.74 Å². The highest BCUT2D eigenvalue weighted by atomic mass is 16.6. The second kappa shape index (κ2) is 7.38. The van der Waals surface area contributed by atoms with Gasteiger partial charge in [0.1, 0.15) is 0 Å². The molecule has 1 heterocycles. The van der Waals surface area contributed by atoms with Crippen LogP contribution in [0.5, 0.6) is 0 Å². The van der Waals surface area contributed by atoms with Crippen molar-refractivity contribution in [3.05, 3.63) is 0 Å². The fourth-order valence-electron chi connectivity index (χ4n) is 1.76. The molecule has 0 bridgehead atoms. The van der Waals surface area contributed by atoms with Crippen LogP contribution < -0.4 is 0 Å². The van der Waals surface area contributed by atoms with Crippen molar-refractivity contribution in [3.8, 4) is 24.2 Å². The summed E-state index contributed by atoms with van der Waals surface area (Å²) < 4.78 is 5.50. The van der Waals surface area contributed by atoms with E-state index in [0.29, 0.717) is 12.2 Å². The summed E-state index contributed by atoms with van der Waals surface area (Å²) in [7, 11) is 0. The molecule has 1 rings (SSSR count). The lowest BCUT2D eigenvalue weighted by Gasteiger charge is -1.96. The van der Waals surface area contributed by atoms with Gasteiger partial charge in [0.25, 0.3) is 0 Å². The standard InChI is InChI=1S/C14H20O/c1-3-5-7-8-10-12-14-13(15-14)11-9-6-4-2/h2,13-14H,3,5,7-8,10-12H2,1H3/t13-,14+/m1/s1. The van der Waals surface area contributed by atoms with E-state index in [1.165, 1.54) is 38.5 Å². The Morgan fingerprint density at radius 1 is 1.13 bits per heavy atom. The number of rotatable bonds is 7. The number of hydrogen-bond acceptors (Lipinski definition) is 1. The summed E-state index contributed by atoms with van der Waals surface area (Å²) in [5.74, 6) is 7.86. The van der Waals surface area contributed by atoms with Gasteiger partial charge in [-0.2, -0.15) is 0 Å². The van der Waals surface area contributed by atoms with E-state index in [2.05, 4.69) is 24.7 Å². The van der Waals surface area contributed by atoms with E-state index in [0.717, 1.165) is 6.42 Å². The Kier molecular flexibility index (Phi) is 5.98. The molecule has 1 fully saturated rings. The van der Waals surface area contributed by atoms with Crippen LogP contribution in [0.4, 0.5) is 0 Å². The molecule has 1 aliphatic rings. The van der Waals surface area contributed by atoms with Crippen LogP contribution in [-0.4, -0.2) is 12.2 Å². The van der Waals surface area contributed by atoms with Crippen LogP contribution >= 0.6 is 0 Å². The number of terminal acetylenes is 1. The zero-order valence-corrected chi connectivity index (χ0v) is 9.59. The molecule has 0 aliphatic carbocycles. The molecule has 0 radical (unpaired) electrons. The van der Waals surface area contributed by atoms with Crippen LogP contribution in [0.25, 0.3) is 0 Å². The minimum absolute atomic E-state index is 0.372. The molecule has 0 saturated carbocycles. The second-order valence-electron chi connectivity index (χ2n) is 4.07. The van der Waals surface area contributed by atoms with Gasteiger partial charge in [-0.3, -0.25) is 0 Å². The van der Waals surface area contributed by atoms with E-state index >= 15 is 0 Å². The maximum absolute atomic E-state index is 5.50. The third-order valence-electron chi connectivity index (χ3n) is 2.74. The first-order valence-electron chi connectivity index (χ1n) is 5.97. The zero-order chi connectivity index (χ0) is 10.9. The molecule has 15 heavy (non-hydrogen) atoms. The van der Waals surface area contributed by atoms with Gasteiger partial charge in [0, 0.05) is 6.42 Å². The number of epoxide rings is 1. The van der Waals surface area contributed by atoms with Gasteiger partial charge in [-0.05, 0) is 18.3 Å². The molecule has 1 heteroatoms. The predicted octanol–water partition coefficient (Wildman–Crippen LogP) is 3.14. The van der Waals surface area contributed by atoms with E-state index in [9.17, 15) is 0 Å². The van der Waals surface area contributed by atoms with Gasteiger partial charge in [-0.1, -0.05) is 44.9 Å². The average molecular weight is 204 g/mol. The summed E-state index contributed by atoms with van der Waals surface area (Å²) in [6.45, 7) is 2.24. The van der Waals surface area contributed by atoms with Gasteiger partial charge in [0.05, 0.1) is 12.2 Å². The molecule has 0 aromatic rings. The Labute approximate surface area is 93.6 Å². The number of hydrogen-bond donors (Lipinski definition) is 0. The minimum atomic E-state index is 0.372. The molecule has 0 N–H and O–H groups in total. The van der Waals surface area contributed by atoms with Crippen LogP contribution in [0, 0.1) is 24.2 Å². The first-order chi connectivity index (χ1) is 7.38. The fourth-order valence-corrected chi connectivity index (χ4v) is 1.76. The summed E-state index contributed by atoms with van der Waals surface area (Å²) in [5, 5.41) is 0. The molecule has 0 unspecified atom stereocenters. The average Bonchev–Trinajstić information content (AvgIpc) is 2.97. The van der Waals surface area contributed by atoms with Gasteiger partial charge >= 0.3 is 0 Å². The lowest BCUT2D eigenvalue weighted by molar-refractivity contribution is 0.359. The Morgan fingerprint density at radius 2 is 1.93 bits per heavy atom. The van der Waals surface area contributed by atoms with E-state index in [-0.39, 0.29) is 0 Å².